The second kappa shape index (κ2) is 11.7. The summed E-state index contributed by atoms with van der Waals surface area (Å²) in [5, 5.41) is 11.3. The molecule has 1 aliphatic heterocycles. The van der Waals surface area contributed by atoms with Gasteiger partial charge < -0.3 is 16.5 Å². The molecule has 1 aliphatic rings. The first kappa shape index (κ1) is 23.9. The van der Waals surface area contributed by atoms with E-state index in [1.807, 2.05) is 26.2 Å². The van der Waals surface area contributed by atoms with E-state index in [1.165, 1.54) is 17.9 Å². The molecule has 31 heavy (non-hydrogen) atoms. The lowest BCUT2D eigenvalue weighted by molar-refractivity contribution is 0.508. The molecule has 1 heterocycles. The number of halogens is 2. The highest BCUT2D eigenvalue weighted by atomic mass is 19.2. The van der Waals surface area contributed by atoms with Crippen molar-refractivity contribution in [1.29, 1.82) is 5.41 Å². The molecule has 0 saturated carbocycles. The monoisotopic (exact) mass is 422 g/mol. The van der Waals surface area contributed by atoms with Crippen LogP contribution in [0.2, 0.25) is 0 Å². The Morgan fingerprint density at radius 1 is 1.26 bits per heavy atom. The number of nitrogen functional groups attached to an aromatic ring is 1. The number of nitrogens with zero attached hydrogens (tertiary/aromatic N) is 1. The van der Waals surface area contributed by atoms with Crippen molar-refractivity contribution in [2.45, 2.75) is 19.8 Å². The lowest BCUT2D eigenvalue weighted by Crippen LogP contribution is -2.16. The van der Waals surface area contributed by atoms with Crippen molar-refractivity contribution in [3.8, 4) is 0 Å². The molecular formula is C25H28F2N4. The van der Waals surface area contributed by atoms with Crippen LogP contribution in [0.1, 0.15) is 35.6 Å². The fourth-order valence-corrected chi connectivity index (χ4v) is 3.17. The molecule has 0 atom stereocenters. The number of benzene rings is 2. The summed E-state index contributed by atoms with van der Waals surface area (Å²) in [5.41, 5.74) is 11.0. The fourth-order valence-electron chi connectivity index (χ4n) is 3.17. The first-order valence-electron chi connectivity index (χ1n) is 10.0. The summed E-state index contributed by atoms with van der Waals surface area (Å²) in [6.45, 7) is 6.68. The van der Waals surface area contributed by atoms with Crippen molar-refractivity contribution in [2.75, 3.05) is 19.3 Å². The second-order valence-electron chi connectivity index (χ2n) is 6.89. The van der Waals surface area contributed by atoms with Crippen LogP contribution in [-0.2, 0) is 6.42 Å². The van der Waals surface area contributed by atoms with Crippen LogP contribution in [0.25, 0.3) is 12.2 Å². The van der Waals surface area contributed by atoms with Gasteiger partial charge in [-0.2, -0.15) is 0 Å². The van der Waals surface area contributed by atoms with Crippen molar-refractivity contribution in [3.05, 3.63) is 89.2 Å². The van der Waals surface area contributed by atoms with E-state index >= 15 is 0 Å². The lowest BCUT2D eigenvalue weighted by Gasteiger charge is -2.13. The van der Waals surface area contributed by atoms with Crippen LogP contribution in [0.3, 0.4) is 0 Å². The first-order valence-corrected chi connectivity index (χ1v) is 10.0. The molecule has 0 amide bonds. The normalized spacial score (nSPS) is 12.5. The van der Waals surface area contributed by atoms with Gasteiger partial charge in [0.15, 0.2) is 11.6 Å². The summed E-state index contributed by atoms with van der Waals surface area (Å²) in [6.07, 6.45) is 10.5. The van der Waals surface area contributed by atoms with Gasteiger partial charge >= 0.3 is 0 Å². The summed E-state index contributed by atoms with van der Waals surface area (Å²) < 4.78 is 26.1. The summed E-state index contributed by atoms with van der Waals surface area (Å²) in [6, 6.07) is 7.21. The molecule has 4 nitrogen and oxygen atoms in total. The molecule has 0 aromatic heterocycles. The minimum atomic E-state index is -0.916. The molecule has 2 aromatic carbocycles. The fraction of sp³-hybridized carbons (Fsp3) is 0.200. The SMILES string of the molecule is C=Cc1ccc(N)c(C(=N)/C=C/c2ccc(F)c(F)c2)c1CC.CNCC1=NC=CC1. The maximum Gasteiger partial charge on any atom is 0.159 e. The molecule has 4 N–H and O–H groups in total. The minimum absolute atomic E-state index is 0.216. The Balaban J connectivity index is 0.000000357. The lowest BCUT2D eigenvalue weighted by atomic mass is 9.93. The van der Waals surface area contributed by atoms with E-state index in [0.717, 1.165) is 36.2 Å². The topological polar surface area (TPSA) is 74.3 Å². The molecular weight excluding hydrogens is 394 g/mol. The van der Waals surface area contributed by atoms with Crippen LogP contribution < -0.4 is 11.1 Å². The van der Waals surface area contributed by atoms with Gasteiger partial charge in [0.1, 0.15) is 0 Å². The quantitative estimate of drug-likeness (QED) is 0.413. The zero-order valence-electron chi connectivity index (χ0n) is 17.9. The largest absolute Gasteiger partial charge is 0.398 e. The van der Waals surface area contributed by atoms with Crippen LogP contribution in [0, 0.1) is 17.0 Å². The highest BCUT2D eigenvalue weighted by molar-refractivity contribution is 6.13. The molecule has 3 rings (SSSR count). The molecule has 0 saturated heterocycles. The Morgan fingerprint density at radius 3 is 2.61 bits per heavy atom. The van der Waals surface area contributed by atoms with E-state index in [2.05, 4.69) is 23.0 Å². The van der Waals surface area contributed by atoms with E-state index in [0.29, 0.717) is 23.2 Å². The molecule has 0 spiro atoms. The van der Waals surface area contributed by atoms with Gasteiger partial charge in [-0.05, 0) is 54.4 Å². The number of hydrogen-bond donors (Lipinski definition) is 3. The van der Waals surface area contributed by atoms with Gasteiger partial charge in [0.05, 0.1) is 5.71 Å². The van der Waals surface area contributed by atoms with Gasteiger partial charge in [-0.1, -0.05) is 43.9 Å². The predicted octanol–water partition coefficient (Wildman–Crippen LogP) is 5.40. The number of nitrogens with two attached hydrogens (primary N) is 1. The van der Waals surface area contributed by atoms with Gasteiger partial charge in [0, 0.05) is 36.1 Å². The third kappa shape index (κ3) is 6.55. The van der Waals surface area contributed by atoms with Crippen LogP contribution in [0.15, 0.2) is 60.3 Å². The van der Waals surface area contributed by atoms with Crippen LogP contribution >= 0.6 is 0 Å². The highest BCUT2D eigenvalue weighted by Gasteiger charge is 2.12. The average Bonchev–Trinajstić information content (AvgIpc) is 3.28. The van der Waals surface area contributed by atoms with E-state index in [4.69, 9.17) is 11.1 Å². The Bertz CT molecular complexity index is 1040. The maximum atomic E-state index is 13.2. The van der Waals surface area contributed by atoms with Crippen molar-refractivity contribution in [3.63, 3.8) is 0 Å². The third-order valence-electron chi connectivity index (χ3n) is 4.71. The second-order valence-corrected chi connectivity index (χ2v) is 6.89. The van der Waals surface area contributed by atoms with Crippen LogP contribution in [0.4, 0.5) is 14.5 Å². The van der Waals surface area contributed by atoms with Gasteiger partial charge in [0.25, 0.3) is 0 Å². The summed E-state index contributed by atoms with van der Waals surface area (Å²) in [5.74, 6) is -1.81. The van der Waals surface area contributed by atoms with E-state index in [9.17, 15) is 8.78 Å². The van der Waals surface area contributed by atoms with Crippen molar-refractivity contribution in [1.82, 2.24) is 5.32 Å². The molecule has 0 fully saturated rings. The smallest absolute Gasteiger partial charge is 0.159 e. The molecule has 0 bridgehead atoms. The molecule has 2 aromatic rings. The number of rotatable bonds is 7. The van der Waals surface area contributed by atoms with Gasteiger partial charge in [-0.15, -0.1) is 0 Å². The first-order chi connectivity index (χ1) is 14.9. The summed E-state index contributed by atoms with van der Waals surface area (Å²) in [7, 11) is 1.93. The number of allylic oxidation sites excluding steroid dienone is 2. The van der Waals surface area contributed by atoms with Gasteiger partial charge in [-0.25, -0.2) is 8.78 Å². The number of nitrogens with one attached hydrogen (secondary N) is 2. The Hall–Kier alpha value is -3.38. The van der Waals surface area contributed by atoms with Crippen LogP contribution in [-0.4, -0.2) is 25.0 Å². The standard InChI is InChI=1S/C19H18F2N2.C6H10N2/c1-3-13-7-10-18(23)19(14(13)4-2)17(22)9-6-12-5-8-15(20)16(21)11-12;1-7-5-6-3-2-4-8-6/h3,5-11,22H,1,4,23H2,2H3;2,4,7H,3,5H2,1H3/b9-6+,22-17?;. The van der Waals surface area contributed by atoms with Crippen molar-refractivity contribution >= 4 is 29.3 Å². The summed E-state index contributed by atoms with van der Waals surface area (Å²) in [4.78, 5) is 4.10. The minimum Gasteiger partial charge on any atom is -0.398 e. The summed E-state index contributed by atoms with van der Waals surface area (Å²) >= 11 is 0. The Labute approximate surface area is 182 Å². The zero-order valence-corrected chi connectivity index (χ0v) is 17.9. The van der Waals surface area contributed by atoms with Gasteiger partial charge in [0.2, 0.25) is 0 Å². The van der Waals surface area contributed by atoms with E-state index < -0.39 is 11.6 Å². The average molecular weight is 423 g/mol. The molecule has 0 aliphatic carbocycles. The molecule has 0 radical (unpaired) electrons. The van der Waals surface area contributed by atoms with Crippen molar-refractivity contribution < 1.29 is 8.78 Å². The third-order valence-corrected chi connectivity index (χ3v) is 4.71. The number of aliphatic imine (C=N–C) groups is 1. The molecule has 162 valence electrons. The van der Waals surface area contributed by atoms with E-state index in [-0.39, 0.29) is 5.71 Å². The van der Waals surface area contributed by atoms with E-state index in [1.54, 1.807) is 18.2 Å². The highest BCUT2D eigenvalue weighted by Crippen LogP contribution is 2.24. The Morgan fingerprint density at radius 2 is 2.03 bits per heavy atom. The zero-order chi connectivity index (χ0) is 22.8. The predicted molar refractivity (Wildman–Crippen MR) is 128 cm³/mol. The van der Waals surface area contributed by atoms with Crippen LogP contribution in [0.5, 0.6) is 0 Å². The Kier molecular flexibility index (Phi) is 9.03. The maximum absolute atomic E-state index is 13.2. The number of hydrogen-bond acceptors (Lipinski definition) is 4. The molecule has 0 unspecified atom stereocenters. The van der Waals surface area contributed by atoms with Crippen molar-refractivity contribution in [2.24, 2.45) is 4.99 Å². The number of anilines is 1. The van der Waals surface area contributed by atoms with Gasteiger partial charge in [-0.3, -0.25) is 4.99 Å². The molecule has 6 heteroatoms.